The molecule has 2 unspecified atom stereocenters. The van der Waals surface area contributed by atoms with E-state index in [2.05, 4.69) is 24.1 Å². The normalized spacial score (nSPS) is 23.5. The summed E-state index contributed by atoms with van der Waals surface area (Å²) in [5.74, 6) is 0. The summed E-state index contributed by atoms with van der Waals surface area (Å²) in [5.41, 5.74) is 1.17. The Morgan fingerprint density at radius 3 is 2.32 bits per heavy atom. The number of likely N-dealkylation sites (N-methyl/N-ethyl adjacent to an activating group) is 1. The molecule has 0 saturated carbocycles. The molecule has 1 fully saturated rings. The van der Waals surface area contributed by atoms with E-state index in [1.54, 1.807) is 14.2 Å². The molecule has 28 heavy (non-hydrogen) atoms. The number of hydrogen-bond donors (Lipinski definition) is 2. The first-order valence-electron chi connectivity index (χ1n) is 10.3. The zero-order chi connectivity index (χ0) is 20.9. The Bertz CT molecular complexity index is 540. The fourth-order valence-corrected chi connectivity index (χ4v) is 8.32. The molecule has 5 nitrogen and oxygen atoms in total. The molecule has 0 spiro atoms. The van der Waals surface area contributed by atoms with Crippen molar-refractivity contribution in [2.24, 2.45) is 0 Å². The predicted molar refractivity (Wildman–Crippen MR) is 121 cm³/mol. The van der Waals surface area contributed by atoms with Crippen molar-refractivity contribution in [3.05, 3.63) is 42.5 Å². The molecule has 2 atom stereocenters. The highest BCUT2D eigenvalue weighted by Crippen LogP contribution is 2.42. The monoisotopic (exact) mass is 408 g/mol. The molecule has 1 heterocycles. The van der Waals surface area contributed by atoms with E-state index < -0.39 is 8.56 Å². The van der Waals surface area contributed by atoms with Crippen molar-refractivity contribution in [2.75, 3.05) is 41.5 Å². The van der Waals surface area contributed by atoms with Gasteiger partial charge in [-0.3, -0.25) is 0 Å². The molecule has 1 saturated heterocycles. The summed E-state index contributed by atoms with van der Waals surface area (Å²) in [7, 11) is 5.00. The third-order valence-corrected chi connectivity index (χ3v) is 10.1. The minimum atomic E-state index is -2.36. The van der Waals surface area contributed by atoms with E-state index in [-0.39, 0.29) is 5.22 Å². The van der Waals surface area contributed by atoms with E-state index >= 15 is 0 Å². The Kier molecular flexibility index (Phi) is 11.8. The number of ether oxygens (including phenoxy) is 1. The smallest absolute Gasteiger partial charge is 0.372 e. The van der Waals surface area contributed by atoms with E-state index in [0.717, 1.165) is 44.8 Å². The van der Waals surface area contributed by atoms with Crippen LogP contribution in [0.15, 0.2) is 36.9 Å². The van der Waals surface area contributed by atoms with E-state index in [9.17, 15) is 0 Å². The number of methoxy groups -OCH3 is 1. The van der Waals surface area contributed by atoms with Crippen LogP contribution in [0.3, 0.4) is 0 Å². The number of benzene rings is 1. The van der Waals surface area contributed by atoms with Crippen LogP contribution >= 0.6 is 0 Å². The molecule has 2 N–H and O–H groups in total. The van der Waals surface area contributed by atoms with Crippen LogP contribution in [0.5, 0.6) is 0 Å². The lowest BCUT2D eigenvalue weighted by atomic mass is 9.99. The summed E-state index contributed by atoms with van der Waals surface area (Å²) in [4.78, 5) is 0. The fourth-order valence-electron chi connectivity index (χ4n) is 4.25. The van der Waals surface area contributed by atoms with Crippen LogP contribution in [0.25, 0.3) is 6.08 Å². The van der Waals surface area contributed by atoms with Crippen molar-refractivity contribution >= 4 is 14.6 Å². The number of hydrogen-bond acceptors (Lipinski definition) is 5. The second-order valence-electron chi connectivity index (χ2n) is 7.12. The van der Waals surface area contributed by atoms with Crippen molar-refractivity contribution in [2.45, 2.75) is 49.9 Å². The molecular formula is C22H40N2O3Si. The molecule has 0 amide bonds. The van der Waals surface area contributed by atoms with Gasteiger partial charge in [0.05, 0.1) is 0 Å². The van der Waals surface area contributed by atoms with Gasteiger partial charge in [-0.1, -0.05) is 56.3 Å². The van der Waals surface area contributed by atoms with Gasteiger partial charge in [-0.2, -0.15) is 0 Å². The van der Waals surface area contributed by atoms with Crippen LogP contribution in [0.2, 0.25) is 6.04 Å². The van der Waals surface area contributed by atoms with Crippen molar-refractivity contribution in [1.29, 1.82) is 0 Å². The third-order valence-electron chi connectivity index (χ3n) is 5.65. The van der Waals surface area contributed by atoms with Crippen molar-refractivity contribution in [3.8, 4) is 0 Å². The van der Waals surface area contributed by atoms with Gasteiger partial charge in [-0.25, -0.2) is 0 Å². The van der Waals surface area contributed by atoms with Crippen LogP contribution in [-0.4, -0.2) is 61.3 Å². The van der Waals surface area contributed by atoms with Crippen molar-refractivity contribution < 1.29 is 13.6 Å². The second-order valence-corrected chi connectivity index (χ2v) is 10.8. The molecule has 1 aliphatic heterocycles. The molecule has 0 aliphatic carbocycles. The first-order valence-corrected chi connectivity index (χ1v) is 12.3. The van der Waals surface area contributed by atoms with Gasteiger partial charge in [-0.15, -0.1) is 0 Å². The topological polar surface area (TPSA) is 51.8 Å². The Labute approximate surface area is 173 Å². The van der Waals surface area contributed by atoms with Crippen LogP contribution < -0.4 is 10.6 Å². The van der Waals surface area contributed by atoms with Gasteiger partial charge in [0.15, 0.2) is 0 Å². The first-order chi connectivity index (χ1) is 13.6. The largest absolute Gasteiger partial charge is 0.396 e. The second kappa shape index (κ2) is 13.2. The van der Waals surface area contributed by atoms with Gasteiger partial charge >= 0.3 is 8.56 Å². The van der Waals surface area contributed by atoms with Crippen LogP contribution in [0.1, 0.15) is 38.2 Å². The highest BCUT2D eigenvalue weighted by molar-refractivity contribution is 6.71. The summed E-state index contributed by atoms with van der Waals surface area (Å²) in [6.45, 7) is 7.72. The van der Waals surface area contributed by atoms with E-state index in [1.165, 1.54) is 5.56 Å². The van der Waals surface area contributed by atoms with Crippen molar-refractivity contribution in [3.63, 3.8) is 0 Å². The minimum absolute atomic E-state index is 0.294. The number of rotatable bonds is 10. The fraction of sp³-hybridized carbons (Fsp3) is 0.636. The summed E-state index contributed by atoms with van der Waals surface area (Å²) >= 11 is 0. The Morgan fingerprint density at radius 2 is 1.86 bits per heavy atom. The lowest BCUT2D eigenvalue weighted by molar-refractivity contribution is -0.0370. The zero-order valence-corrected chi connectivity index (χ0v) is 19.4. The molecule has 1 aromatic carbocycles. The molecule has 0 bridgehead atoms. The molecular weight excluding hydrogens is 368 g/mol. The quantitative estimate of drug-likeness (QED) is 0.456. The molecule has 1 aliphatic rings. The van der Waals surface area contributed by atoms with E-state index in [4.69, 9.17) is 13.6 Å². The molecule has 0 aromatic heterocycles. The van der Waals surface area contributed by atoms with Crippen LogP contribution in [-0.2, 0) is 13.6 Å². The van der Waals surface area contributed by atoms with Gasteiger partial charge in [0.25, 0.3) is 0 Å². The van der Waals surface area contributed by atoms with Gasteiger partial charge in [0.2, 0.25) is 0 Å². The van der Waals surface area contributed by atoms with E-state index in [0.29, 0.717) is 6.04 Å². The first kappa shape index (κ1) is 25.0. The maximum atomic E-state index is 6.09. The maximum Gasteiger partial charge on any atom is 0.372 e. The summed E-state index contributed by atoms with van der Waals surface area (Å²) in [6, 6.07) is 11.3. The average molecular weight is 409 g/mol. The lowest BCUT2D eigenvalue weighted by Gasteiger charge is -2.52. The third kappa shape index (κ3) is 5.99. The summed E-state index contributed by atoms with van der Waals surface area (Å²) in [6.07, 6.45) is 6.15. The van der Waals surface area contributed by atoms with Crippen molar-refractivity contribution in [1.82, 2.24) is 10.6 Å². The maximum absolute atomic E-state index is 6.09. The SMILES string of the molecule is C=Cc1ccccc1.CCCC1(OC)C(NCCNC)CCC[Si]1(OC)OC. The predicted octanol–water partition coefficient (Wildman–Crippen LogP) is 3.75. The molecule has 1 aromatic rings. The Balaban J connectivity index is 0.000000406. The van der Waals surface area contributed by atoms with Gasteiger partial charge in [-0.05, 0) is 37.9 Å². The van der Waals surface area contributed by atoms with Crippen LogP contribution in [0.4, 0.5) is 0 Å². The molecule has 2 rings (SSSR count). The van der Waals surface area contributed by atoms with E-state index in [1.807, 2.05) is 50.6 Å². The minimum Gasteiger partial charge on any atom is -0.396 e. The summed E-state index contributed by atoms with van der Waals surface area (Å²) in [5, 5.41) is 6.54. The van der Waals surface area contributed by atoms with Gasteiger partial charge in [0.1, 0.15) is 5.22 Å². The molecule has 160 valence electrons. The lowest BCUT2D eigenvalue weighted by Crippen LogP contribution is -2.73. The molecule has 0 radical (unpaired) electrons. The Morgan fingerprint density at radius 1 is 1.18 bits per heavy atom. The van der Waals surface area contributed by atoms with Gasteiger partial charge in [0, 0.05) is 40.5 Å². The molecule has 6 heteroatoms. The standard InChI is InChI=1S/C14H32N2O3Si.C8H8/c1-6-9-14(17-3)13(16-11-10-15-2)8-7-12-20(14,18-4)19-5;1-2-8-6-4-3-5-7-8/h13,15-16H,6-12H2,1-5H3;2-7H,1H2. The highest BCUT2D eigenvalue weighted by Gasteiger charge is 2.62. The van der Waals surface area contributed by atoms with Crippen LogP contribution in [0, 0.1) is 0 Å². The average Bonchev–Trinajstić information content (AvgIpc) is 2.76. The highest BCUT2D eigenvalue weighted by atomic mass is 28.4. The number of nitrogens with one attached hydrogen (secondary N) is 2. The zero-order valence-electron chi connectivity index (χ0n) is 18.4. The summed E-state index contributed by atoms with van der Waals surface area (Å²) < 4.78 is 18.0. The van der Waals surface area contributed by atoms with Gasteiger partial charge < -0.3 is 24.2 Å². The Hall–Kier alpha value is -1.02.